The van der Waals surface area contributed by atoms with Crippen molar-refractivity contribution in [1.29, 1.82) is 0 Å². The molecule has 8 unspecified atom stereocenters. The van der Waals surface area contributed by atoms with Crippen molar-refractivity contribution in [3.8, 4) is 0 Å². The number of aliphatic hydroxyl groups excluding tert-OH is 5. The van der Waals surface area contributed by atoms with Crippen molar-refractivity contribution in [2.24, 2.45) is 0 Å². The van der Waals surface area contributed by atoms with Crippen LogP contribution < -0.4 is 5.32 Å². The molecule has 8 atom stereocenters. The fourth-order valence-corrected chi connectivity index (χ4v) is 8.73. The van der Waals surface area contributed by atoms with Gasteiger partial charge in [0, 0.05) is 6.42 Å². The standard InChI is InChI=1S/C60H107NO10/c1-4-7-10-13-16-19-22-24-26-27-28-30-33-36-39-42-45-48-55(65)71-58-57(67)56(66)54(49-62)70-60(58)69-50-51(52(63)46-43-40-37-34-31-21-18-15-12-9-6-3)61-59(68)53(64)47-44-41-38-35-32-29-25-23-20-17-14-11-8-5-2/h16-17,19-20,23-26,43,46,51-54,56-58,60,62-64,66-67H,4-15,18,21-22,27-42,44-45,47-50H2,1-3H3,(H,61,68)/b19-16-,20-17+,25-23+,26-24-,46-43+. The van der Waals surface area contributed by atoms with Crippen molar-refractivity contribution in [2.75, 3.05) is 13.2 Å². The lowest BCUT2D eigenvalue weighted by molar-refractivity contribution is -0.305. The van der Waals surface area contributed by atoms with E-state index in [9.17, 15) is 35.1 Å². The Kier molecular flexibility index (Phi) is 45.2. The number of amides is 1. The van der Waals surface area contributed by atoms with E-state index in [4.69, 9.17) is 14.2 Å². The molecule has 1 aliphatic rings. The van der Waals surface area contributed by atoms with Crippen molar-refractivity contribution in [1.82, 2.24) is 5.32 Å². The molecule has 0 radical (unpaired) electrons. The number of hydrogen-bond donors (Lipinski definition) is 6. The van der Waals surface area contributed by atoms with Crippen molar-refractivity contribution >= 4 is 11.9 Å². The Morgan fingerprint density at radius 2 is 1.01 bits per heavy atom. The van der Waals surface area contributed by atoms with Crippen molar-refractivity contribution in [3.05, 3.63) is 60.8 Å². The number of esters is 1. The third kappa shape index (κ3) is 36.9. The number of carbonyl (C=O) groups excluding carboxylic acids is 2. The average Bonchev–Trinajstić information content (AvgIpc) is 3.37. The molecule has 0 aromatic carbocycles. The normalized spacial score (nSPS) is 20.0. The van der Waals surface area contributed by atoms with Gasteiger partial charge in [0.15, 0.2) is 12.4 Å². The van der Waals surface area contributed by atoms with Gasteiger partial charge in [0.1, 0.15) is 24.4 Å². The Labute approximate surface area is 433 Å². The Balaban J connectivity index is 2.72. The molecule has 0 aromatic heterocycles. The van der Waals surface area contributed by atoms with Crippen LogP contribution in [0.3, 0.4) is 0 Å². The minimum Gasteiger partial charge on any atom is -0.454 e. The molecule has 6 N–H and O–H groups in total. The van der Waals surface area contributed by atoms with Crippen LogP contribution in [0.25, 0.3) is 0 Å². The number of hydrogen-bond acceptors (Lipinski definition) is 10. The van der Waals surface area contributed by atoms with Gasteiger partial charge >= 0.3 is 5.97 Å². The summed E-state index contributed by atoms with van der Waals surface area (Å²) in [6.07, 6.45) is 48.3. The largest absolute Gasteiger partial charge is 0.454 e. The van der Waals surface area contributed by atoms with Gasteiger partial charge < -0.3 is 45.1 Å². The molecular weight excluding hydrogens is 895 g/mol. The number of nitrogens with one attached hydrogen (secondary N) is 1. The van der Waals surface area contributed by atoms with Gasteiger partial charge in [-0.15, -0.1) is 0 Å². The maximum absolute atomic E-state index is 13.4. The van der Waals surface area contributed by atoms with Gasteiger partial charge in [-0.05, 0) is 83.5 Å². The SMILES string of the molecule is CCCCC/C=C\C/C=C\CCCCCCCCCC(=O)OC1C(OCC(NC(=O)C(O)CCCCCCC/C=C/C=C/CCCCC)C(O)/C=C/CCCCCCCCCCC)OC(CO)C(O)C1O. The van der Waals surface area contributed by atoms with E-state index in [0.29, 0.717) is 12.8 Å². The predicted octanol–water partition coefficient (Wildman–Crippen LogP) is 13.1. The third-order valence-corrected chi connectivity index (χ3v) is 13.4. The molecule has 1 fully saturated rings. The summed E-state index contributed by atoms with van der Waals surface area (Å²) < 4.78 is 17.6. The average molecular weight is 1000 g/mol. The van der Waals surface area contributed by atoms with E-state index >= 15 is 0 Å². The molecule has 1 saturated heterocycles. The number of rotatable bonds is 48. The first kappa shape index (κ1) is 66.4. The molecule has 0 bridgehead atoms. The van der Waals surface area contributed by atoms with Crippen LogP contribution in [0.1, 0.15) is 245 Å². The van der Waals surface area contributed by atoms with Gasteiger partial charge in [0.05, 0.1) is 25.4 Å². The van der Waals surface area contributed by atoms with Crippen LogP contribution in [0.4, 0.5) is 0 Å². The summed E-state index contributed by atoms with van der Waals surface area (Å²) in [6.45, 7) is 5.70. The topological polar surface area (TPSA) is 175 Å². The molecule has 1 amide bonds. The van der Waals surface area contributed by atoms with E-state index in [0.717, 1.165) is 96.3 Å². The minimum absolute atomic E-state index is 0.112. The Bertz CT molecular complexity index is 1380. The number of allylic oxidation sites excluding steroid dienone is 9. The van der Waals surface area contributed by atoms with E-state index in [1.165, 1.54) is 103 Å². The maximum Gasteiger partial charge on any atom is 0.306 e. The highest BCUT2D eigenvalue weighted by Gasteiger charge is 2.47. The summed E-state index contributed by atoms with van der Waals surface area (Å²) in [5.41, 5.74) is 0. The maximum atomic E-state index is 13.4. The number of carbonyl (C=O) groups is 2. The number of ether oxygens (including phenoxy) is 3. The minimum atomic E-state index is -1.62. The molecule has 412 valence electrons. The monoisotopic (exact) mass is 1000 g/mol. The first-order valence-corrected chi connectivity index (χ1v) is 29.1. The lowest BCUT2D eigenvalue weighted by Gasteiger charge is -2.41. The van der Waals surface area contributed by atoms with Crippen LogP contribution >= 0.6 is 0 Å². The zero-order chi connectivity index (χ0) is 51.8. The quantitative estimate of drug-likeness (QED) is 0.0149. The van der Waals surface area contributed by atoms with Gasteiger partial charge in [-0.1, -0.05) is 216 Å². The van der Waals surface area contributed by atoms with Gasteiger partial charge in [-0.25, -0.2) is 0 Å². The lowest BCUT2D eigenvalue weighted by Crippen LogP contribution is -2.61. The fourth-order valence-electron chi connectivity index (χ4n) is 8.73. The molecule has 0 aromatic rings. The summed E-state index contributed by atoms with van der Waals surface area (Å²) in [5.74, 6) is -1.22. The molecule has 1 heterocycles. The second-order valence-electron chi connectivity index (χ2n) is 20.0. The molecule has 0 spiro atoms. The Morgan fingerprint density at radius 1 is 0.563 bits per heavy atom. The molecule has 11 nitrogen and oxygen atoms in total. The molecule has 0 saturated carbocycles. The first-order valence-electron chi connectivity index (χ1n) is 29.1. The van der Waals surface area contributed by atoms with Gasteiger partial charge in [-0.3, -0.25) is 9.59 Å². The third-order valence-electron chi connectivity index (χ3n) is 13.4. The van der Waals surface area contributed by atoms with Crippen LogP contribution in [-0.4, -0.2) is 99.6 Å². The molecule has 11 heteroatoms. The van der Waals surface area contributed by atoms with Crippen molar-refractivity contribution in [3.63, 3.8) is 0 Å². The molecular formula is C60H107NO10. The second-order valence-corrected chi connectivity index (χ2v) is 20.0. The highest BCUT2D eigenvalue weighted by molar-refractivity contribution is 5.80. The fraction of sp³-hybridized carbons (Fsp3) is 0.800. The van der Waals surface area contributed by atoms with E-state index in [1.807, 2.05) is 6.08 Å². The molecule has 0 aliphatic carbocycles. The van der Waals surface area contributed by atoms with E-state index in [-0.39, 0.29) is 19.4 Å². The van der Waals surface area contributed by atoms with Crippen LogP contribution in [0.2, 0.25) is 0 Å². The van der Waals surface area contributed by atoms with Crippen molar-refractivity contribution in [2.45, 2.75) is 294 Å². The highest BCUT2D eigenvalue weighted by atomic mass is 16.7. The van der Waals surface area contributed by atoms with E-state index < -0.39 is 67.4 Å². The van der Waals surface area contributed by atoms with Crippen LogP contribution in [-0.2, 0) is 23.8 Å². The predicted molar refractivity (Wildman–Crippen MR) is 292 cm³/mol. The molecule has 1 aliphatic heterocycles. The summed E-state index contributed by atoms with van der Waals surface area (Å²) >= 11 is 0. The Morgan fingerprint density at radius 3 is 1.55 bits per heavy atom. The summed E-state index contributed by atoms with van der Waals surface area (Å²) in [7, 11) is 0. The summed E-state index contributed by atoms with van der Waals surface area (Å²) in [4.78, 5) is 26.4. The number of unbranched alkanes of at least 4 members (excludes halogenated alkanes) is 27. The van der Waals surface area contributed by atoms with E-state index in [2.05, 4.69) is 74.7 Å². The lowest BCUT2D eigenvalue weighted by atomic mass is 9.99. The van der Waals surface area contributed by atoms with Crippen LogP contribution in [0.5, 0.6) is 0 Å². The van der Waals surface area contributed by atoms with E-state index in [1.54, 1.807) is 6.08 Å². The van der Waals surface area contributed by atoms with Gasteiger partial charge in [0.25, 0.3) is 0 Å². The van der Waals surface area contributed by atoms with Gasteiger partial charge in [0.2, 0.25) is 5.91 Å². The van der Waals surface area contributed by atoms with Gasteiger partial charge in [-0.2, -0.15) is 0 Å². The van der Waals surface area contributed by atoms with Crippen molar-refractivity contribution < 1.29 is 49.3 Å². The highest BCUT2D eigenvalue weighted by Crippen LogP contribution is 2.26. The summed E-state index contributed by atoms with van der Waals surface area (Å²) in [5, 5.41) is 56.8. The van der Waals surface area contributed by atoms with Crippen LogP contribution in [0, 0.1) is 0 Å². The zero-order valence-electron chi connectivity index (χ0n) is 45.3. The molecule has 1 rings (SSSR count). The summed E-state index contributed by atoms with van der Waals surface area (Å²) in [6, 6.07) is -1.03. The smallest absolute Gasteiger partial charge is 0.306 e. The first-order chi connectivity index (χ1) is 34.7. The number of aliphatic hydroxyl groups is 5. The Hall–Kier alpha value is -2.64. The second kappa shape index (κ2) is 48.3. The zero-order valence-corrected chi connectivity index (χ0v) is 45.3. The van der Waals surface area contributed by atoms with Crippen LogP contribution in [0.15, 0.2) is 60.8 Å². The molecule has 71 heavy (non-hydrogen) atoms.